The average molecular weight is 338 g/mol. The first-order chi connectivity index (χ1) is 11.8. The molecule has 0 N–H and O–H groups in total. The molecule has 0 unspecified atom stereocenters. The predicted octanol–water partition coefficient (Wildman–Crippen LogP) is 5.86. The standard InChI is InChI=1S/C20H22N2OS/c1-15-7-5-8-16(13-15)21-20-22(17-9-3-2-4-10-17)18(14-24-20)19-11-6-12-23-19/h5-8,11-14,17H,2-4,9-10H2,1H3. The summed E-state index contributed by atoms with van der Waals surface area (Å²) in [6.45, 7) is 2.11. The minimum Gasteiger partial charge on any atom is -0.463 e. The van der Waals surface area contributed by atoms with Crippen molar-refractivity contribution in [1.82, 2.24) is 4.57 Å². The largest absolute Gasteiger partial charge is 0.463 e. The van der Waals surface area contributed by atoms with E-state index < -0.39 is 0 Å². The molecule has 0 aliphatic heterocycles. The fraction of sp³-hybridized carbons (Fsp3) is 0.350. The van der Waals surface area contributed by atoms with E-state index in [4.69, 9.17) is 9.41 Å². The Hall–Kier alpha value is -2.07. The third-order valence-electron chi connectivity index (χ3n) is 4.68. The maximum absolute atomic E-state index is 5.68. The summed E-state index contributed by atoms with van der Waals surface area (Å²) in [6.07, 6.45) is 8.15. The van der Waals surface area contributed by atoms with E-state index in [0.717, 1.165) is 21.9 Å². The highest BCUT2D eigenvalue weighted by Gasteiger charge is 2.21. The van der Waals surface area contributed by atoms with Crippen molar-refractivity contribution in [2.75, 3.05) is 0 Å². The van der Waals surface area contributed by atoms with Crippen LogP contribution in [0, 0.1) is 6.92 Å². The van der Waals surface area contributed by atoms with Crippen molar-refractivity contribution in [2.45, 2.75) is 45.1 Å². The lowest BCUT2D eigenvalue weighted by Crippen LogP contribution is -2.23. The van der Waals surface area contributed by atoms with E-state index in [1.807, 2.05) is 12.1 Å². The fourth-order valence-electron chi connectivity index (χ4n) is 3.51. The number of aromatic nitrogens is 1. The Labute approximate surface area is 146 Å². The summed E-state index contributed by atoms with van der Waals surface area (Å²) in [5, 5.41) is 2.18. The Morgan fingerprint density at radius 3 is 2.75 bits per heavy atom. The first-order valence-corrected chi connectivity index (χ1v) is 9.54. The third kappa shape index (κ3) is 3.11. The van der Waals surface area contributed by atoms with Crippen molar-refractivity contribution < 1.29 is 4.42 Å². The number of furan rings is 1. The van der Waals surface area contributed by atoms with Gasteiger partial charge in [0.15, 0.2) is 10.6 Å². The number of rotatable bonds is 3. The lowest BCUT2D eigenvalue weighted by molar-refractivity contribution is 0.349. The molecule has 1 fully saturated rings. The van der Waals surface area contributed by atoms with Gasteiger partial charge in [-0.25, -0.2) is 4.99 Å². The molecule has 0 radical (unpaired) electrons. The molecule has 4 heteroatoms. The third-order valence-corrected chi connectivity index (χ3v) is 5.52. The van der Waals surface area contributed by atoms with E-state index in [1.54, 1.807) is 17.6 Å². The van der Waals surface area contributed by atoms with Gasteiger partial charge in [0, 0.05) is 11.4 Å². The normalized spacial score (nSPS) is 16.6. The van der Waals surface area contributed by atoms with Gasteiger partial charge in [-0.05, 0) is 49.6 Å². The van der Waals surface area contributed by atoms with Gasteiger partial charge in [0.05, 0.1) is 17.6 Å². The molecular formula is C20H22N2OS. The Kier molecular flexibility index (Phi) is 4.39. The SMILES string of the molecule is Cc1cccc(N=c2scc(-c3ccco3)n2C2CCCCC2)c1. The number of aryl methyl sites for hydroxylation is 1. The highest BCUT2D eigenvalue weighted by Crippen LogP contribution is 2.32. The van der Waals surface area contributed by atoms with Crippen LogP contribution in [0.25, 0.3) is 11.5 Å². The van der Waals surface area contributed by atoms with Crippen LogP contribution in [0.15, 0.2) is 57.5 Å². The summed E-state index contributed by atoms with van der Waals surface area (Å²) in [5.41, 5.74) is 3.42. The van der Waals surface area contributed by atoms with Crippen LogP contribution < -0.4 is 4.80 Å². The van der Waals surface area contributed by atoms with Crippen LogP contribution in [0.2, 0.25) is 0 Å². The minimum atomic E-state index is 0.522. The quantitative estimate of drug-likeness (QED) is 0.588. The smallest absolute Gasteiger partial charge is 0.190 e. The topological polar surface area (TPSA) is 30.4 Å². The molecule has 1 aromatic carbocycles. The molecule has 0 amide bonds. The number of hydrogen-bond donors (Lipinski definition) is 0. The zero-order valence-electron chi connectivity index (χ0n) is 13.9. The number of thiazole rings is 1. The van der Waals surface area contributed by atoms with Gasteiger partial charge in [-0.1, -0.05) is 31.4 Å². The van der Waals surface area contributed by atoms with Crippen molar-refractivity contribution in [3.05, 3.63) is 58.4 Å². The maximum atomic E-state index is 5.68. The van der Waals surface area contributed by atoms with Gasteiger partial charge in [-0.3, -0.25) is 0 Å². The summed E-state index contributed by atoms with van der Waals surface area (Å²) in [5.74, 6) is 0.933. The zero-order chi connectivity index (χ0) is 16.4. The average Bonchev–Trinajstić information content (AvgIpc) is 3.25. The van der Waals surface area contributed by atoms with Gasteiger partial charge in [-0.15, -0.1) is 11.3 Å². The Bertz CT molecular complexity index is 867. The predicted molar refractivity (Wildman–Crippen MR) is 98.5 cm³/mol. The summed E-state index contributed by atoms with van der Waals surface area (Å²) in [6, 6.07) is 12.9. The van der Waals surface area contributed by atoms with Crippen molar-refractivity contribution >= 4 is 17.0 Å². The lowest BCUT2D eigenvalue weighted by atomic mass is 9.95. The molecule has 1 aliphatic rings. The molecule has 1 aliphatic carbocycles. The Balaban J connectivity index is 1.84. The van der Waals surface area contributed by atoms with Crippen molar-refractivity contribution in [2.24, 2.45) is 4.99 Å². The van der Waals surface area contributed by atoms with E-state index in [1.165, 1.54) is 37.7 Å². The molecule has 0 saturated heterocycles. The van der Waals surface area contributed by atoms with E-state index in [0.29, 0.717) is 6.04 Å². The number of nitrogens with zero attached hydrogens (tertiary/aromatic N) is 2. The second kappa shape index (κ2) is 6.81. The first-order valence-electron chi connectivity index (χ1n) is 8.66. The monoisotopic (exact) mass is 338 g/mol. The molecule has 24 heavy (non-hydrogen) atoms. The van der Waals surface area contributed by atoms with Crippen molar-refractivity contribution in [1.29, 1.82) is 0 Å². The second-order valence-electron chi connectivity index (χ2n) is 6.49. The maximum Gasteiger partial charge on any atom is 0.190 e. The summed E-state index contributed by atoms with van der Waals surface area (Å²) >= 11 is 1.71. The molecule has 2 heterocycles. The van der Waals surface area contributed by atoms with E-state index in [-0.39, 0.29) is 0 Å². The molecule has 3 aromatic rings. The lowest BCUT2D eigenvalue weighted by Gasteiger charge is -2.24. The molecule has 124 valence electrons. The second-order valence-corrected chi connectivity index (χ2v) is 7.33. The molecule has 4 rings (SSSR count). The van der Waals surface area contributed by atoms with Crippen LogP contribution in [-0.2, 0) is 0 Å². The summed E-state index contributed by atoms with van der Waals surface area (Å²) in [7, 11) is 0. The van der Waals surface area contributed by atoms with Gasteiger partial charge >= 0.3 is 0 Å². The fourth-order valence-corrected chi connectivity index (χ4v) is 4.47. The molecule has 2 aromatic heterocycles. The molecule has 3 nitrogen and oxygen atoms in total. The van der Waals surface area contributed by atoms with E-state index in [9.17, 15) is 0 Å². The highest BCUT2D eigenvalue weighted by atomic mass is 32.1. The van der Waals surface area contributed by atoms with Crippen LogP contribution in [0.5, 0.6) is 0 Å². The van der Waals surface area contributed by atoms with Gasteiger partial charge in [-0.2, -0.15) is 0 Å². The van der Waals surface area contributed by atoms with Crippen LogP contribution in [0.4, 0.5) is 5.69 Å². The molecule has 0 spiro atoms. The van der Waals surface area contributed by atoms with Gasteiger partial charge in [0.2, 0.25) is 0 Å². The van der Waals surface area contributed by atoms with Crippen LogP contribution >= 0.6 is 11.3 Å². The van der Waals surface area contributed by atoms with Gasteiger partial charge in [0.1, 0.15) is 0 Å². The van der Waals surface area contributed by atoms with Gasteiger partial charge in [0.25, 0.3) is 0 Å². The van der Waals surface area contributed by atoms with Crippen LogP contribution in [0.3, 0.4) is 0 Å². The minimum absolute atomic E-state index is 0.522. The van der Waals surface area contributed by atoms with Crippen molar-refractivity contribution in [3.8, 4) is 11.5 Å². The first kappa shape index (κ1) is 15.5. The molecule has 1 saturated carbocycles. The molecule has 0 bridgehead atoms. The van der Waals surface area contributed by atoms with Crippen molar-refractivity contribution in [3.63, 3.8) is 0 Å². The summed E-state index contributed by atoms with van der Waals surface area (Å²) in [4.78, 5) is 6.02. The van der Waals surface area contributed by atoms with Crippen LogP contribution in [-0.4, -0.2) is 4.57 Å². The Morgan fingerprint density at radius 1 is 1.12 bits per heavy atom. The van der Waals surface area contributed by atoms with E-state index in [2.05, 4.69) is 41.1 Å². The summed E-state index contributed by atoms with van der Waals surface area (Å²) < 4.78 is 8.09. The van der Waals surface area contributed by atoms with Crippen LogP contribution in [0.1, 0.15) is 43.7 Å². The number of hydrogen-bond acceptors (Lipinski definition) is 3. The van der Waals surface area contributed by atoms with E-state index >= 15 is 0 Å². The molecule has 0 atom stereocenters. The zero-order valence-corrected chi connectivity index (χ0v) is 14.8. The number of benzene rings is 1. The Morgan fingerprint density at radius 2 is 2.00 bits per heavy atom. The van der Waals surface area contributed by atoms with Gasteiger partial charge < -0.3 is 8.98 Å². The molecular weight excluding hydrogens is 316 g/mol. The highest BCUT2D eigenvalue weighted by molar-refractivity contribution is 7.07.